The van der Waals surface area contributed by atoms with Crippen LogP contribution in [0.15, 0.2) is 54.6 Å². The molecule has 0 aliphatic rings. The lowest BCUT2D eigenvalue weighted by molar-refractivity contribution is 0.628. The number of hydrogen-bond donors (Lipinski definition) is 1. The molecule has 0 atom stereocenters. The van der Waals surface area contributed by atoms with Gasteiger partial charge in [-0.2, -0.15) is 0 Å². The van der Waals surface area contributed by atoms with Gasteiger partial charge in [-0.05, 0) is 38.1 Å². The average Bonchev–Trinajstić information content (AvgIpc) is 2.50. The Morgan fingerprint density at radius 2 is 1.55 bits per heavy atom. The summed E-state index contributed by atoms with van der Waals surface area (Å²) in [6.45, 7) is 3.91. The molecule has 0 bridgehead atoms. The lowest BCUT2D eigenvalue weighted by atomic mass is 10.1. The smallest absolute Gasteiger partial charge is 0.134 e. The van der Waals surface area contributed by atoms with Crippen molar-refractivity contribution in [1.82, 2.24) is 9.97 Å². The van der Waals surface area contributed by atoms with Crippen LogP contribution in [0.5, 0.6) is 0 Å². The number of nitrogens with zero attached hydrogens (tertiary/aromatic N) is 2. The standard InChI is InChI=1S/C18H16FN3/c1-12-3-5-14(6-4-12)17-11-18(21-13(2)20-17)22-16-9-7-15(19)8-10-16/h3-11H,1-2H3,(H,20,21,22). The molecule has 0 fully saturated rings. The Balaban J connectivity index is 1.92. The zero-order valence-electron chi connectivity index (χ0n) is 12.5. The highest BCUT2D eigenvalue weighted by molar-refractivity contribution is 5.65. The molecule has 3 nitrogen and oxygen atoms in total. The summed E-state index contributed by atoms with van der Waals surface area (Å²) < 4.78 is 13.0. The maximum Gasteiger partial charge on any atom is 0.134 e. The van der Waals surface area contributed by atoms with E-state index in [2.05, 4.69) is 34.3 Å². The van der Waals surface area contributed by atoms with Crippen LogP contribution in [0.2, 0.25) is 0 Å². The molecule has 22 heavy (non-hydrogen) atoms. The molecule has 0 unspecified atom stereocenters. The number of aromatic nitrogens is 2. The molecule has 0 saturated carbocycles. The Morgan fingerprint density at radius 1 is 0.864 bits per heavy atom. The van der Waals surface area contributed by atoms with Gasteiger partial charge in [0, 0.05) is 17.3 Å². The maximum absolute atomic E-state index is 13.0. The van der Waals surface area contributed by atoms with E-state index < -0.39 is 0 Å². The number of benzene rings is 2. The first-order valence-corrected chi connectivity index (χ1v) is 7.05. The summed E-state index contributed by atoms with van der Waals surface area (Å²) in [7, 11) is 0. The van der Waals surface area contributed by atoms with Crippen molar-refractivity contribution in [2.24, 2.45) is 0 Å². The number of halogens is 1. The van der Waals surface area contributed by atoms with Gasteiger partial charge in [-0.25, -0.2) is 14.4 Å². The minimum atomic E-state index is -0.259. The predicted molar refractivity (Wildman–Crippen MR) is 86.6 cm³/mol. The first-order chi connectivity index (χ1) is 10.6. The van der Waals surface area contributed by atoms with Gasteiger partial charge in [-0.15, -0.1) is 0 Å². The monoisotopic (exact) mass is 293 g/mol. The van der Waals surface area contributed by atoms with Crippen molar-refractivity contribution in [1.29, 1.82) is 0 Å². The van der Waals surface area contributed by atoms with E-state index in [0.717, 1.165) is 16.9 Å². The zero-order valence-corrected chi connectivity index (χ0v) is 12.5. The minimum Gasteiger partial charge on any atom is -0.340 e. The van der Waals surface area contributed by atoms with E-state index in [1.165, 1.54) is 17.7 Å². The number of aryl methyl sites for hydroxylation is 2. The second-order valence-corrected chi connectivity index (χ2v) is 5.18. The molecule has 110 valence electrons. The van der Waals surface area contributed by atoms with Crippen LogP contribution in [0.3, 0.4) is 0 Å². The molecule has 4 heteroatoms. The Kier molecular flexibility index (Phi) is 3.83. The van der Waals surface area contributed by atoms with Crippen molar-refractivity contribution < 1.29 is 4.39 Å². The molecule has 0 amide bonds. The molecule has 1 N–H and O–H groups in total. The summed E-state index contributed by atoms with van der Waals surface area (Å²) in [5, 5.41) is 3.18. The molecule has 1 aromatic heterocycles. The SMILES string of the molecule is Cc1ccc(-c2cc(Nc3ccc(F)cc3)nc(C)n2)cc1. The molecule has 0 radical (unpaired) electrons. The van der Waals surface area contributed by atoms with Crippen LogP contribution in [-0.4, -0.2) is 9.97 Å². The van der Waals surface area contributed by atoms with Gasteiger partial charge in [-0.1, -0.05) is 29.8 Å². The van der Waals surface area contributed by atoms with Gasteiger partial charge in [0.1, 0.15) is 17.5 Å². The Labute approximate surface area is 128 Å². The lowest BCUT2D eigenvalue weighted by Gasteiger charge is -2.09. The third-order valence-electron chi connectivity index (χ3n) is 3.30. The van der Waals surface area contributed by atoms with E-state index in [9.17, 15) is 4.39 Å². The predicted octanol–water partition coefficient (Wildman–Crippen LogP) is 4.64. The molecule has 0 saturated heterocycles. The Bertz CT molecular complexity index is 780. The van der Waals surface area contributed by atoms with Crippen LogP contribution >= 0.6 is 0 Å². The first kappa shape index (κ1) is 14.2. The molecule has 0 aliphatic heterocycles. The van der Waals surface area contributed by atoms with Gasteiger partial charge >= 0.3 is 0 Å². The van der Waals surface area contributed by atoms with Crippen molar-refractivity contribution in [2.45, 2.75) is 13.8 Å². The molecule has 3 aromatic rings. The number of rotatable bonds is 3. The molecule has 3 rings (SSSR count). The topological polar surface area (TPSA) is 37.8 Å². The highest BCUT2D eigenvalue weighted by Gasteiger charge is 2.05. The number of hydrogen-bond acceptors (Lipinski definition) is 3. The summed E-state index contributed by atoms with van der Waals surface area (Å²) in [5.41, 5.74) is 3.89. The molecular weight excluding hydrogens is 277 g/mol. The first-order valence-electron chi connectivity index (χ1n) is 7.05. The summed E-state index contributed by atoms with van der Waals surface area (Å²) in [5.74, 6) is 1.11. The molecule has 0 spiro atoms. The summed E-state index contributed by atoms with van der Waals surface area (Å²) in [4.78, 5) is 8.86. The van der Waals surface area contributed by atoms with E-state index in [1.54, 1.807) is 12.1 Å². The number of nitrogens with one attached hydrogen (secondary N) is 1. The largest absolute Gasteiger partial charge is 0.340 e. The molecule has 1 heterocycles. The van der Waals surface area contributed by atoms with Gasteiger partial charge in [0.05, 0.1) is 5.69 Å². The Hall–Kier alpha value is -2.75. The van der Waals surface area contributed by atoms with Gasteiger partial charge < -0.3 is 5.32 Å². The average molecular weight is 293 g/mol. The van der Waals surface area contributed by atoms with E-state index >= 15 is 0 Å². The van der Waals surface area contributed by atoms with Gasteiger partial charge in [0.15, 0.2) is 0 Å². The minimum absolute atomic E-state index is 0.259. The highest BCUT2D eigenvalue weighted by atomic mass is 19.1. The van der Waals surface area contributed by atoms with Gasteiger partial charge in [0.2, 0.25) is 0 Å². The third-order valence-corrected chi connectivity index (χ3v) is 3.30. The van der Waals surface area contributed by atoms with Crippen LogP contribution in [-0.2, 0) is 0 Å². The van der Waals surface area contributed by atoms with Gasteiger partial charge in [-0.3, -0.25) is 0 Å². The van der Waals surface area contributed by atoms with E-state index in [-0.39, 0.29) is 5.82 Å². The summed E-state index contributed by atoms with van der Waals surface area (Å²) in [6, 6.07) is 16.3. The second-order valence-electron chi connectivity index (χ2n) is 5.18. The van der Waals surface area contributed by atoms with Crippen molar-refractivity contribution >= 4 is 11.5 Å². The quantitative estimate of drug-likeness (QED) is 0.764. The van der Waals surface area contributed by atoms with Crippen LogP contribution in [0, 0.1) is 19.7 Å². The second kappa shape index (κ2) is 5.93. The van der Waals surface area contributed by atoms with E-state index in [1.807, 2.05) is 25.1 Å². The van der Waals surface area contributed by atoms with Crippen molar-refractivity contribution in [2.75, 3.05) is 5.32 Å². The fourth-order valence-corrected chi connectivity index (χ4v) is 2.19. The van der Waals surface area contributed by atoms with Crippen LogP contribution in [0.1, 0.15) is 11.4 Å². The molecule has 2 aromatic carbocycles. The summed E-state index contributed by atoms with van der Waals surface area (Å²) >= 11 is 0. The fraction of sp³-hybridized carbons (Fsp3) is 0.111. The van der Waals surface area contributed by atoms with E-state index in [4.69, 9.17) is 0 Å². The maximum atomic E-state index is 13.0. The third kappa shape index (κ3) is 3.28. The highest BCUT2D eigenvalue weighted by Crippen LogP contribution is 2.22. The van der Waals surface area contributed by atoms with Crippen molar-refractivity contribution in [3.05, 3.63) is 71.8 Å². The lowest BCUT2D eigenvalue weighted by Crippen LogP contribution is -1.99. The van der Waals surface area contributed by atoms with Crippen LogP contribution < -0.4 is 5.32 Å². The Morgan fingerprint density at radius 3 is 2.23 bits per heavy atom. The fourth-order valence-electron chi connectivity index (χ4n) is 2.19. The number of anilines is 2. The van der Waals surface area contributed by atoms with Crippen LogP contribution in [0.25, 0.3) is 11.3 Å². The van der Waals surface area contributed by atoms with Gasteiger partial charge in [0.25, 0.3) is 0 Å². The van der Waals surface area contributed by atoms with Crippen LogP contribution in [0.4, 0.5) is 15.9 Å². The van der Waals surface area contributed by atoms with Crippen molar-refractivity contribution in [3.8, 4) is 11.3 Å². The zero-order chi connectivity index (χ0) is 15.5. The molecular formula is C18H16FN3. The summed E-state index contributed by atoms with van der Waals surface area (Å²) in [6.07, 6.45) is 0. The van der Waals surface area contributed by atoms with Crippen molar-refractivity contribution in [3.63, 3.8) is 0 Å². The normalized spacial score (nSPS) is 10.5. The van der Waals surface area contributed by atoms with E-state index in [0.29, 0.717) is 11.6 Å². The molecule has 0 aliphatic carbocycles.